The van der Waals surface area contributed by atoms with Crippen molar-refractivity contribution >= 4 is 68.4 Å². The van der Waals surface area contributed by atoms with Crippen LogP contribution in [0.4, 0.5) is 34.1 Å². The van der Waals surface area contributed by atoms with Crippen LogP contribution in [-0.2, 0) is 21.7 Å². The first-order valence-electron chi connectivity index (χ1n) is 22.5. The lowest BCUT2D eigenvalue weighted by molar-refractivity contribution is 0.332. The number of anilines is 6. The minimum Gasteiger partial charge on any atom is -0.468 e. The van der Waals surface area contributed by atoms with E-state index in [1.165, 1.54) is 83.7 Å². The zero-order valence-electron chi connectivity index (χ0n) is 38.7. The monoisotopic (exact) mass is 800 g/mol. The molecule has 6 aromatic carbocycles. The molecule has 1 aromatic heterocycles. The fourth-order valence-corrected chi connectivity index (χ4v) is 10.6. The van der Waals surface area contributed by atoms with Gasteiger partial charge in [-0.2, -0.15) is 0 Å². The highest BCUT2D eigenvalue weighted by Gasteiger charge is 2.49. The van der Waals surface area contributed by atoms with Gasteiger partial charge < -0.3 is 14.2 Å². The van der Waals surface area contributed by atoms with E-state index in [0.717, 1.165) is 40.8 Å². The molecule has 0 saturated carbocycles. The van der Waals surface area contributed by atoms with Gasteiger partial charge in [0.15, 0.2) is 0 Å². The number of hydrogen-bond acceptors (Lipinski definition) is 3. The molecular formula is C57H61BN2O. The lowest BCUT2D eigenvalue weighted by Gasteiger charge is -2.47. The van der Waals surface area contributed by atoms with E-state index in [1.807, 2.05) is 0 Å². The van der Waals surface area contributed by atoms with Crippen LogP contribution in [0, 0.1) is 20.8 Å². The summed E-state index contributed by atoms with van der Waals surface area (Å²) in [5, 5.41) is 1.16. The molecule has 3 nitrogen and oxygen atoms in total. The highest BCUT2D eigenvalue weighted by molar-refractivity contribution is 7.00. The van der Waals surface area contributed by atoms with Gasteiger partial charge in [-0.1, -0.05) is 135 Å². The lowest BCUT2D eigenvalue weighted by Crippen LogP contribution is -2.61. The molecule has 308 valence electrons. The maximum atomic E-state index is 7.29. The number of nitrogens with zero attached hydrogens (tertiary/aromatic N) is 2. The number of fused-ring (bicyclic) bond motifs is 7. The fourth-order valence-electron chi connectivity index (χ4n) is 10.6. The number of aryl methyl sites for hydroxylation is 3. The van der Waals surface area contributed by atoms with Gasteiger partial charge in [-0.3, -0.25) is 0 Å². The van der Waals surface area contributed by atoms with Crippen LogP contribution in [0.5, 0.6) is 0 Å². The van der Waals surface area contributed by atoms with E-state index in [2.05, 4.69) is 209 Å². The van der Waals surface area contributed by atoms with Crippen LogP contribution in [0.2, 0.25) is 0 Å². The minimum atomic E-state index is -0.104. The van der Waals surface area contributed by atoms with Crippen molar-refractivity contribution < 1.29 is 4.42 Å². The van der Waals surface area contributed by atoms with E-state index in [4.69, 9.17) is 4.42 Å². The second kappa shape index (κ2) is 13.3. The second-order valence-corrected chi connectivity index (χ2v) is 22.0. The van der Waals surface area contributed by atoms with Crippen molar-refractivity contribution in [2.75, 3.05) is 9.80 Å². The van der Waals surface area contributed by atoms with E-state index >= 15 is 0 Å². The summed E-state index contributed by atoms with van der Waals surface area (Å²) in [4.78, 5) is 5.16. The first-order chi connectivity index (χ1) is 28.7. The number of furan rings is 1. The van der Waals surface area contributed by atoms with Crippen LogP contribution in [0.15, 0.2) is 114 Å². The summed E-state index contributed by atoms with van der Waals surface area (Å²) in [5.74, 6) is 0. The first kappa shape index (κ1) is 39.6. The van der Waals surface area contributed by atoms with Crippen molar-refractivity contribution in [3.05, 3.63) is 148 Å². The summed E-state index contributed by atoms with van der Waals surface area (Å²) in [7, 11) is 0. The van der Waals surface area contributed by atoms with E-state index in [1.54, 1.807) is 0 Å². The predicted molar refractivity (Wildman–Crippen MR) is 263 cm³/mol. The molecule has 0 fully saturated rings. The standard InChI is InChI=1S/C57H61BN2O/c1-34-14-17-37(18-15-34)41-31-39(55(7,8)9)21-24-46(41)60-47-33-44-43(56(10,11)26-27-57(44,12)13)32-45(47)58-51-48(29-36(3)30-49(51)60)59(40-22-19-38(20-23-40)54(4,5)6)52-42-28-35(2)16-25-50(42)61-53(52)58/h14-25,28-33H,26-27H2,1-13H3. The van der Waals surface area contributed by atoms with Crippen LogP contribution in [0.3, 0.4) is 0 Å². The average molecular weight is 801 g/mol. The summed E-state index contributed by atoms with van der Waals surface area (Å²) < 4.78 is 7.29. The largest absolute Gasteiger partial charge is 0.468 e. The van der Waals surface area contributed by atoms with Gasteiger partial charge in [0.2, 0.25) is 0 Å². The van der Waals surface area contributed by atoms with Crippen LogP contribution in [0.1, 0.15) is 121 Å². The van der Waals surface area contributed by atoms with Gasteiger partial charge in [-0.05, 0) is 154 Å². The van der Waals surface area contributed by atoms with E-state index in [-0.39, 0.29) is 28.4 Å². The Kier molecular flexibility index (Phi) is 8.62. The molecule has 0 spiro atoms. The summed E-state index contributed by atoms with van der Waals surface area (Å²) in [6, 6.07) is 42.4. The molecule has 1 aliphatic carbocycles. The van der Waals surface area contributed by atoms with Gasteiger partial charge in [-0.25, -0.2) is 0 Å². The van der Waals surface area contributed by atoms with Crippen LogP contribution >= 0.6 is 0 Å². The predicted octanol–water partition coefficient (Wildman–Crippen LogP) is 14.1. The molecule has 0 N–H and O–H groups in total. The summed E-state index contributed by atoms with van der Waals surface area (Å²) in [6.07, 6.45) is 2.31. The highest BCUT2D eigenvalue weighted by atomic mass is 16.3. The Morgan fingerprint density at radius 1 is 0.541 bits per heavy atom. The molecule has 10 rings (SSSR count). The molecule has 3 aliphatic rings. The Morgan fingerprint density at radius 2 is 1.13 bits per heavy atom. The zero-order chi connectivity index (χ0) is 43.1. The van der Waals surface area contributed by atoms with Crippen LogP contribution in [-0.4, -0.2) is 6.71 Å². The Labute approximate surface area is 364 Å². The Hall–Kier alpha value is -5.48. The highest BCUT2D eigenvalue weighted by Crippen LogP contribution is 2.52. The molecule has 0 unspecified atom stereocenters. The molecule has 0 radical (unpaired) electrons. The minimum absolute atomic E-state index is 0.0147. The Balaban J connectivity index is 1.35. The molecule has 0 amide bonds. The molecule has 4 heteroatoms. The molecule has 61 heavy (non-hydrogen) atoms. The zero-order valence-corrected chi connectivity index (χ0v) is 38.7. The fraction of sp³-hybridized carbons (Fsp3) is 0.333. The summed E-state index contributed by atoms with van der Waals surface area (Å²) in [6.45, 7) is 30.2. The summed E-state index contributed by atoms with van der Waals surface area (Å²) >= 11 is 0. The van der Waals surface area contributed by atoms with Crippen molar-refractivity contribution in [1.82, 2.24) is 0 Å². The SMILES string of the molecule is Cc1ccc(-c2cc(C(C)(C)C)ccc2N2c3cc4c(cc3B3c5oc6ccc(C)cc6c5N(c5ccc(C(C)(C)C)cc5)c5cc(C)cc2c53)C(C)(C)CCC4(C)C)cc1. The second-order valence-electron chi connectivity index (χ2n) is 22.0. The summed E-state index contributed by atoms with van der Waals surface area (Å²) in [5.41, 5.74) is 23.6. The van der Waals surface area contributed by atoms with Crippen molar-refractivity contribution in [2.24, 2.45) is 0 Å². The van der Waals surface area contributed by atoms with Gasteiger partial charge >= 0.3 is 0 Å². The van der Waals surface area contributed by atoms with E-state index < -0.39 is 0 Å². The average Bonchev–Trinajstić information content (AvgIpc) is 3.56. The smallest absolute Gasteiger partial charge is 0.297 e. The van der Waals surface area contributed by atoms with Crippen molar-refractivity contribution in [3.8, 4) is 11.1 Å². The molecular weight excluding hydrogens is 739 g/mol. The normalized spacial score (nSPS) is 16.3. The third-order valence-corrected chi connectivity index (χ3v) is 14.4. The van der Waals surface area contributed by atoms with Gasteiger partial charge in [0.25, 0.3) is 6.71 Å². The Bertz CT molecular complexity index is 2910. The third-order valence-electron chi connectivity index (χ3n) is 14.4. The lowest BCUT2D eigenvalue weighted by atomic mass is 9.35. The molecule has 0 bridgehead atoms. The maximum absolute atomic E-state index is 7.29. The van der Waals surface area contributed by atoms with E-state index in [9.17, 15) is 0 Å². The quantitative estimate of drug-likeness (QED) is 0.166. The first-order valence-corrected chi connectivity index (χ1v) is 22.5. The number of benzene rings is 6. The van der Waals surface area contributed by atoms with Gasteiger partial charge in [0.05, 0.1) is 17.0 Å². The van der Waals surface area contributed by atoms with Crippen LogP contribution < -0.4 is 26.4 Å². The third kappa shape index (κ3) is 6.22. The Morgan fingerprint density at radius 3 is 1.77 bits per heavy atom. The van der Waals surface area contributed by atoms with Crippen molar-refractivity contribution in [1.29, 1.82) is 0 Å². The van der Waals surface area contributed by atoms with Gasteiger partial charge in [-0.15, -0.1) is 0 Å². The molecule has 7 aromatic rings. The molecule has 3 heterocycles. The van der Waals surface area contributed by atoms with E-state index in [0.29, 0.717) is 0 Å². The molecule has 2 aliphatic heterocycles. The molecule has 0 atom stereocenters. The van der Waals surface area contributed by atoms with Crippen molar-refractivity contribution in [3.63, 3.8) is 0 Å². The number of hydrogen-bond donors (Lipinski definition) is 0. The number of rotatable bonds is 3. The van der Waals surface area contributed by atoms with Gasteiger partial charge in [0, 0.05) is 33.7 Å². The van der Waals surface area contributed by atoms with Gasteiger partial charge in [0.1, 0.15) is 5.58 Å². The van der Waals surface area contributed by atoms with Crippen molar-refractivity contribution in [2.45, 2.75) is 125 Å². The topological polar surface area (TPSA) is 19.6 Å². The maximum Gasteiger partial charge on any atom is 0.297 e. The van der Waals surface area contributed by atoms with Crippen LogP contribution in [0.25, 0.3) is 22.1 Å². The molecule has 0 saturated heterocycles.